The van der Waals surface area contributed by atoms with Crippen molar-refractivity contribution in [3.05, 3.63) is 102 Å². The third kappa shape index (κ3) is 4.32. The van der Waals surface area contributed by atoms with Crippen molar-refractivity contribution in [1.29, 1.82) is 0 Å². The minimum atomic E-state index is -0.540. The molecule has 0 spiro atoms. The van der Waals surface area contributed by atoms with Crippen LogP contribution in [0.5, 0.6) is 0 Å². The van der Waals surface area contributed by atoms with Crippen molar-refractivity contribution in [2.45, 2.75) is 18.0 Å². The number of thioether (sulfide) groups is 1. The first-order chi connectivity index (χ1) is 14.2. The number of nitrogens with zero attached hydrogens (tertiary/aromatic N) is 2. The molecular weight excluding hydrogens is 382 g/mol. The average molecular weight is 404 g/mol. The van der Waals surface area contributed by atoms with E-state index < -0.39 is 6.04 Å². The molecule has 146 valence electrons. The summed E-state index contributed by atoms with van der Waals surface area (Å²) in [5.74, 6) is 0.250. The summed E-state index contributed by atoms with van der Waals surface area (Å²) in [4.78, 5) is 32.3. The van der Waals surface area contributed by atoms with E-state index in [4.69, 9.17) is 0 Å². The van der Waals surface area contributed by atoms with Crippen molar-refractivity contribution in [2.24, 2.45) is 0 Å². The fraction of sp³-hybridized carbons (Fsp3) is 0.174. The number of nitrogens with one attached hydrogen (secondary N) is 1. The Bertz CT molecular complexity index is 967. The van der Waals surface area contributed by atoms with Gasteiger partial charge in [-0.15, -0.1) is 11.8 Å². The quantitative estimate of drug-likeness (QED) is 0.706. The first-order valence-electron chi connectivity index (χ1n) is 9.46. The number of amides is 2. The Kier molecular flexibility index (Phi) is 5.91. The summed E-state index contributed by atoms with van der Waals surface area (Å²) in [6, 6.07) is 24.0. The minimum Gasteiger partial charge on any atom is -0.349 e. The normalized spacial score (nSPS) is 18.4. The summed E-state index contributed by atoms with van der Waals surface area (Å²) in [6.45, 7) is 0.338. The standard InChI is InChI=1S/C23H21N3O2S/c27-21(25-15-19-13-7-8-14-24-19)20-16-29-23(18-11-5-2-6-12-18)26(20)22(28)17-9-3-1-4-10-17/h1-14,20,23H,15-16H2,(H,25,27). The van der Waals surface area contributed by atoms with Gasteiger partial charge in [0, 0.05) is 17.5 Å². The van der Waals surface area contributed by atoms with Gasteiger partial charge in [-0.2, -0.15) is 0 Å². The van der Waals surface area contributed by atoms with Gasteiger partial charge in [-0.1, -0.05) is 54.6 Å². The van der Waals surface area contributed by atoms with Gasteiger partial charge in [0.05, 0.1) is 12.2 Å². The van der Waals surface area contributed by atoms with E-state index in [0.717, 1.165) is 11.3 Å². The van der Waals surface area contributed by atoms with Crippen LogP contribution in [0.3, 0.4) is 0 Å². The van der Waals surface area contributed by atoms with Crippen LogP contribution in [0.15, 0.2) is 85.1 Å². The average Bonchev–Trinajstić information content (AvgIpc) is 3.24. The molecule has 1 aromatic heterocycles. The molecule has 2 unspecified atom stereocenters. The third-order valence-corrected chi connectivity index (χ3v) is 6.14. The summed E-state index contributed by atoms with van der Waals surface area (Å²) >= 11 is 1.61. The highest BCUT2D eigenvalue weighted by Gasteiger charge is 2.42. The van der Waals surface area contributed by atoms with E-state index in [0.29, 0.717) is 17.9 Å². The van der Waals surface area contributed by atoms with Crippen molar-refractivity contribution in [2.75, 3.05) is 5.75 Å². The zero-order valence-corrected chi connectivity index (χ0v) is 16.6. The fourth-order valence-corrected chi connectivity index (χ4v) is 4.79. The van der Waals surface area contributed by atoms with Gasteiger partial charge in [0.2, 0.25) is 5.91 Å². The lowest BCUT2D eigenvalue weighted by Gasteiger charge is -2.29. The first-order valence-corrected chi connectivity index (χ1v) is 10.5. The number of benzene rings is 2. The van der Waals surface area contributed by atoms with Gasteiger partial charge >= 0.3 is 0 Å². The van der Waals surface area contributed by atoms with Gasteiger partial charge in [-0.3, -0.25) is 14.6 Å². The summed E-state index contributed by atoms with van der Waals surface area (Å²) in [5.41, 5.74) is 2.38. The molecule has 0 aliphatic carbocycles. The maximum absolute atomic E-state index is 13.3. The molecular formula is C23H21N3O2S. The molecule has 0 radical (unpaired) electrons. The molecule has 2 heterocycles. The van der Waals surface area contributed by atoms with E-state index in [1.54, 1.807) is 35.0 Å². The summed E-state index contributed by atoms with van der Waals surface area (Å²) in [7, 11) is 0. The Balaban J connectivity index is 1.58. The molecule has 29 heavy (non-hydrogen) atoms. The summed E-state index contributed by atoms with van der Waals surface area (Å²) in [6.07, 6.45) is 1.70. The molecule has 5 nitrogen and oxygen atoms in total. The fourth-order valence-electron chi connectivity index (χ4n) is 3.36. The van der Waals surface area contributed by atoms with E-state index in [2.05, 4.69) is 10.3 Å². The van der Waals surface area contributed by atoms with Gasteiger partial charge in [0.25, 0.3) is 5.91 Å². The van der Waals surface area contributed by atoms with Crippen LogP contribution in [0.25, 0.3) is 0 Å². The second-order valence-corrected chi connectivity index (χ2v) is 7.84. The molecule has 4 rings (SSSR count). The lowest BCUT2D eigenvalue weighted by atomic mass is 10.1. The lowest BCUT2D eigenvalue weighted by molar-refractivity contribution is -0.125. The lowest BCUT2D eigenvalue weighted by Crippen LogP contribution is -2.47. The van der Waals surface area contributed by atoms with Crippen LogP contribution in [-0.4, -0.2) is 33.5 Å². The van der Waals surface area contributed by atoms with Crippen LogP contribution in [-0.2, 0) is 11.3 Å². The van der Waals surface area contributed by atoms with E-state index in [9.17, 15) is 9.59 Å². The zero-order valence-electron chi connectivity index (χ0n) is 15.8. The van der Waals surface area contributed by atoms with E-state index in [1.807, 2.05) is 66.7 Å². The largest absolute Gasteiger partial charge is 0.349 e. The summed E-state index contributed by atoms with van der Waals surface area (Å²) in [5, 5.41) is 2.74. The topological polar surface area (TPSA) is 62.3 Å². The summed E-state index contributed by atoms with van der Waals surface area (Å²) < 4.78 is 0. The molecule has 1 saturated heterocycles. The van der Waals surface area contributed by atoms with E-state index in [-0.39, 0.29) is 17.2 Å². The van der Waals surface area contributed by atoms with E-state index >= 15 is 0 Å². The molecule has 1 fully saturated rings. The van der Waals surface area contributed by atoms with Crippen molar-refractivity contribution in [3.63, 3.8) is 0 Å². The second-order valence-electron chi connectivity index (χ2n) is 6.73. The Morgan fingerprint density at radius 2 is 1.66 bits per heavy atom. The molecule has 3 aromatic rings. The predicted octanol–water partition coefficient (Wildman–Crippen LogP) is 3.65. The zero-order chi connectivity index (χ0) is 20.1. The van der Waals surface area contributed by atoms with Gasteiger partial charge in [0.15, 0.2) is 0 Å². The highest BCUT2D eigenvalue weighted by Crippen LogP contribution is 2.42. The van der Waals surface area contributed by atoms with Crippen LogP contribution in [0, 0.1) is 0 Å². The minimum absolute atomic E-state index is 0.137. The van der Waals surface area contributed by atoms with Crippen LogP contribution in [0.2, 0.25) is 0 Å². The highest BCUT2D eigenvalue weighted by atomic mass is 32.2. The second kappa shape index (κ2) is 8.92. The predicted molar refractivity (Wildman–Crippen MR) is 114 cm³/mol. The van der Waals surface area contributed by atoms with Crippen LogP contribution >= 0.6 is 11.8 Å². The molecule has 0 saturated carbocycles. The SMILES string of the molecule is O=C(NCc1ccccn1)C1CSC(c2ccccc2)N1C(=O)c1ccccc1. The van der Waals surface area contributed by atoms with Crippen molar-refractivity contribution in [1.82, 2.24) is 15.2 Å². The molecule has 1 N–H and O–H groups in total. The number of rotatable bonds is 5. The Hall–Kier alpha value is -3.12. The Labute approximate surface area is 174 Å². The molecule has 6 heteroatoms. The van der Waals surface area contributed by atoms with Crippen molar-refractivity contribution >= 4 is 23.6 Å². The van der Waals surface area contributed by atoms with Crippen LogP contribution in [0.1, 0.15) is 27.0 Å². The highest BCUT2D eigenvalue weighted by molar-refractivity contribution is 7.99. The van der Waals surface area contributed by atoms with Crippen LogP contribution in [0.4, 0.5) is 0 Å². The molecule has 2 aromatic carbocycles. The maximum Gasteiger partial charge on any atom is 0.255 e. The molecule has 2 atom stereocenters. The van der Waals surface area contributed by atoms with Gasteiger partial charge in [-0.25, -0.2) is 0 Å². The maximum atomic E-state index is 13.3. The number of pyridine rings is 1. The van der Waals surface area contributed by atoms with E-state index in [1.165, 1.54) is 0 Å². The third-order valence-electron chi connectivity index (χ3n) is 4.81. The number of carbonyl (C=O) groups is 2. The van der Waals surface area contributed by atoms with Crippen molar-refractivity contribution in [3.8, 4) is 0 Å². The monoisotopic (exact) mass is 403 g/mol. The number of carbonyl (C=O) groups excluding carboxylic acids is 2. The first kappa shape index (κ1) is 19.2. The smallest absolute Gasteiger partial charge is 0.255 e. The van der Waals surface area contributed by atoms with Gasteiger partial charge in [0.1, 0.15) is 11.4 Å². The Morgan fingerprint density at radius 1 is 0.966 bits per heavy atom. The number of aromatic nitrogens is 1. The van der Waals surface area contributed by atoms with Crippen molar-refractivity contribution < 1.29 is 9.59 Å². The molecule has 0 bridgehead atoms. The molecule has 1 aliphatic heterocycles. The number of hydrogen-bond donors (Lipinski definition) is 1. The molecule has 1 aliphatic rings. The van der Waals surface area contributed by atoms with Gasteiger partial charge < -0.3 is 10.2 Å². The number of hydrogen-bond acceptors (Lipinski definition) is 4. The van der Waals surface area contributed by atoms with Crippen LogP contribution < -0.4 is 5.32 Å². The molecule has 2 amide bonds. The van der Waals surface area contributed by atoms with Gasteiger partial charge in [-0.05, 0) is 29.8 Å². The Morgan fingerprint density at radius 3 is 2.34 bits per heavy atom.